The predicted octanol–water partition coefficient (Wildman–Crippen LogP) is 5.69. The number of aliphatic hydroxyl groups is 1. The molecule has 8 rings (SSSR count). The SMILES string of the molecule is C[C@@H]1[C@@H]([Si](C)(C)O)[C@H](CCn2cc(C(CO)c3ccccc3)nn2)O[C@@]12C(=O)Nc1ccc(N3C(=O)c4cccc5cccc3c45)cc12. The van der Waals surface area contributed by atoms with Crippen molar-refractivity contribution in [3.05, 3.63) is 114 Å². The van der Waals surface area contributed by atoms with Crippen molar-refractivity contribution in [2.24, 2.45) is 5.92 Å². The van der Waals surface area contributed by atoms with Gasteiger partial charge >= 0.3 is 0 Å². The zero-order valence-electron chi connectivity index (χ0n) is 27.0. The first kappa shape index (κ1) is 30.6. The van der Waals surface area contributed by atoms with Crippen LogP contribution in [-0.4, -0.2) is 57.7 Å². The molecule has 1 saturated heterocycles. The second-order valence-corrected chi connectivity index (χ2v) is 17.7. The summed E-state index contributed by atoms with van der Waals surface area (Å²) >= 11 is 0. The van der Waals surface area contributed by atoms with Crippen LogP contribution < -0.4 is 10.2 Å². The predicted molar refractivity (Wildman–Crippen MR) is 185 cm³/mol. The fourth-order valence-corrected chi connectivity index (χ4v) is 11.0. The van der Waals surface area contributed by atoms with Crippen molar-refractivity contribution < 1.29 is 24.2 Å². The van der Waals surface area contributed by atoms with Gasteiger partial charge in [0.1, 0.15) is 0 Å². The number of nitrogens with one attached hydrogen (secondary N) is 1. The lowest BCUT2D eigenvalue weighted by atomic mass is 9.82. The van der Waals surface area contributed by atoms with Gasteiger partial charge in [0.15, 0.2) is 13.9 Å². The van der Waals surface area contributed by atoms with E-state index in [1.807, 2.05) is 111 Å². The number of hydrogen-bond donors (Lipinski definition) is 3. The van der Waals surface area contributed by atoms with Gasteiger partial charge in [0.2, 0.25) is 0 Å². The fourth-order valence-electron chi connectivity index (χ4n) is 8.36. The first-order valence-corrected chi connectivity index (χ1v) is 19.4. The Morgan fingerprint density at radius 2 is 1.79 bits per heavy atom. The number of carbonyl (C=O) groups is 2. The maximum Gasteiger partial charge on any atom is 0.263 e. The molecule has 48 heavy (non-hydrogen) atoms. The summed E-state index contributed by atoms with van der Waals surface area (Å²) in [4.78, 5) is 41.1. The lowest BCUT2D eigenvalue weighted by Crippen LogP contribution is -2.43. The van der Waals surface area contributed by atoms with E-state index in [1.54, 1.807) is 9.58 Å². The van der Waals surface area contributed by atoms with Gasteiger partial charge in [-0.1, -0.05) is 66.7 Å². The number of carbonyl (C=O) groups excluding carboxylic acids is 2. The topological polar surface area (TPSA) is 130 Å². The Bertz CT molecular complexity index is 2070. The Hall–Kier alpha value is -4.68. The lowest BCUT2D eigenvalue weighted by molar-refractivity contribution is -0.143. The van der Waals surface area contributed by atoms with E-state index in [2.05, 4.69) is 15.6 Å². The van der Waals surface area contributed by atoms with E-state index in [1.165, 1.54) is 0 Å². The van der Waals surface area contributed by atoms with Crippen molar-refractivity contribution in [1.82, 2.24) is 15.0 Å². The van der Waals surface area contributed by atoms with Gasteiger partial charge in [-0.25, -0.2) is 0 Å². The van der Waals surface area contributed by atoms with E-state index in [4.69, 9.17) is 4.74 Å². The van der Waals surface area contributed by atoms with Crippen molar-refractivity contribution in [2.75, 3.05) is 16.8 Å². The van der Waals surface area contributed by atoms with Gasteiger partial charge in [-0.3, -0.25) is 19.2 Å². The molecule has 3 N–H and O–H groups in total. The molecule has 4 heterocycles. The summed E-state index contributed by atoms with van der Waals surface area (Å²) in [5.41, 5.74) is 3.46. The number of ether oxygens (including phenoxy) is 1. The van der Waals surface area contributed by atoms with E-state index in [0.29, 0.717) is 41.2 Å². The number of benzene rings is 4. The van der Waals surface area contributed by atoms with E-state index in [0.717, 1.165) is 22.0 Å². The largest absolute Gasteiger partial charge is 0.432 e. The Morgan fingerprint density at radius 3 is 2.54 bits per heavy atom. The van der Waals surface area contributed by atoms with Crippen LogP contribution in [0.1, 0.15) is 46.4 Å². The molecule has 1 aromatic heterocycles. The molecule has 3 aliphatic heterocycles. The van der Waals surface area contributed by atoms with Crippen LogP contribution in [0.2, 0.25) is 18.6 Å². The Balaban J connectivity index is 1.11. The molecular weight excluding hydrogens is 623 g/mol. The molecule has 0 bridgehead atoms. The Kier molecular flexibility index (Phi) is 7.15. The lowest BCUT2D eigenvalue weighted by Gasteiger charge is -2.32. The number of aromatic nitrogens is 3. The first-order chi connectivity index (χ1) is 23.1. The van der Waals surface area contributed by atoms with Gasteiger partial charge in [-0.2, -0.15) is 0 Å². The summed E-state index contributed by atoms with van der Waals surface area (Å²) in [6.45, 7) is 6.14. The monoisotopic (exact) mass is 659 g/mol. The smallest absolute Gasteiger partial charge is 0.263 e. The van der Waals surface area contributed by atoms with Crippen LogP contribution in [0.25, 0.3) is 10.8 Å². The van der Waals surface area contributed by atoms with E-state index < -0.39 is 20.0 Å². The third-order valence-corrected chi connectivity index (χ3v) is 13.0. The van der Waals surface area contributed by atoms with Gasteiger partial charge in [-0.15, -0.1) is 5.10 Å². The molecule has 4 aromatic carbocycles. The van der Waals surface area contributed by atoms with Gasteiger partial charge in [0, 0.05) is 46.5 Å². The minimum Gasteiger partial charge on any atom is -0.432 e. The maximum atomic E-state index is 14.0. The van der Waals surface area contributed by atoms with Crippen LogP contribution in [0, 0.1) is 5.92 Å². The number of aliphatic hydroxyl groups excluding tert-OH is 1. The van der Waals surface area contributed by atoms with Gasteiger partial charge in [-0.05, 0) is 60.8 Å². The molecule has 3 aliphatic rings. The summed E-state index contributed by atoms with van der Waals surface area (Å²) in [5, 5.41) is 23.8. The summed E-state index contributed by atoms with van der Waals surface area (Å²) in [5.74, 6) is -1.01. The van der Waals surface area contributed by atoms with Crippen LogP contribution in [0.15, 0.2) is 91.1 Å². The molecular formula is C37H37N5O5Si. The molecule has 1 fully saturated rings. The zero-order valence-corrected chi connectivity index (χ0v) is 28.0. The van der Waals surface area contributed by atoms with Crippen molar-refractivity contribution in [3.63, 3.8) is 0 Å². The highest BCUT2D eigenvalue weighted by Gasteiger charge is 2.64. The van der Waals surface area contributed by atoms with Gasteiger partial charge in [0.25, 0.3) is 11.8 Å². The number of aryl methyl sites for hydroxylation is 1. The minimum absolute atomic E-state index is 0.0956. The number of nitrogens with zero attached hydrogens (tertiary/aromatic N) is 4. The molecule has 1 spiro atoms. The Labute approximate surface area is 279 Å². The van der Waals surface area contributed by atoms with E-state index in [-0.39, 0.29) is 35.8 Å². The normalized spacial score (nSPS) is 23.7. The molecule has 10 nitrogen and oxygen atoms in total. The van der Waals surface area contributed by atoms with Gasteiger partial charge in [0.05, 0.1) is 35.6 Å². The van der Waals surface area contributed by atoms with Crippen molar-refractivity contribution in [3.8, 4) is 0 Å². The van der Waals surface area contributed by atoms with Gasteiger partial charge < -0.3 is 20.0 Å². The highest BCUT2D eigenvalue weighted by atomic mass is 28.4. The average molecular weight is 660 g/mol. The average Bonchev–Trinajstić information content (AvgIpc) is 3.81. The molecule has 5 atom stereocenters. The van der Waals surface area contributed by atoms with Crippen molar-refractivity contribution in [1.29, 1.82) is 0 Å². The van der Waals surface area contributed by atoms with E-state index in [9.17, 15) is 19.5 Å². The second-order valence-electron chi connectivity index (χ2n) is 13.7. The second kappa shape index (κ2) is 11.2. The molecule has 244 valence electrons. The molecule has 0 aliphatic carbocycles. The fraction of sp³-hybridized carbons (Fsp3) is 0.297. The highest BCUT2D eigenvalue weighted by Crippen LogP contribution is 2.59. The number of rotatable bonds is 8. The van der Waals surface area contributed by atoms with Crippen LogP contribution in [0.5, 0.6) is 0 Å². The minimum atomic E-state index is -2.87. The quantitative estimate of drug-likeness (QED) is 0.183. The third kappa shape index (κ3) is 4.56. The standard InChI is InChI=1S/C37H37N5O5Si/c1-22-34(48(2,3)46)32(17-18-41-20-30(39-40-41)27(21-43)23-9-5-4-6-10-23)47-37(22)28-19-25(15-16-29(28)38-36(37)45)42-31-14-8-12-24-11-7-13-26(33(24)31)35(42)44/h4-16,19-20,22,27,32,34,43,46H,17-18,21H2,1-3H3,(H,38,45)/t22-,27?,32+,34-,37+/m1/s1. The Morgan fingerprint density at radius 1 is 1.02 bits per heavy atom. The number of anilines is 3. The molecule has 5 aromatic rings. The summed E-state index contributed by atoms with van der Waals surface area (Å²) in [7, 11) is -2.87. The van der Waals surface area contributed by atoms with Crippen LogP contribution in [0.3, 0.4) is 0 Å². The maximum absolute atomic E-state index is 14.0. The summed E-state index contributed by atoms with van der Waals surface area (Å²) < 4.78 is 8.63. The van der Waals surface area contributed by atoms with E-state index >= 15 is 0 Å². The third-order valence-electron chi connectivity index (χ3n) is 10.5. The summed E-state index contributed by atoms with van der Waals surface area (Å²) in [6, 6.07) is 27.0. The van der Waals surface area contributed by atoms with Crippen molar-refractivity contribution >= 4 is 48.0 Å². The zero-order chi connectivity index (χ0) is 33.4. The number of amides is 2. The molecule has 0 radical (unpaired) electrons. The summed E-state index contributed by atoms with van der Waals surface area (Å²) in [6.07, 6.45) is 1.90. The highest BCUT2D eigenvalue weighted by molar-refractivity contribution is 6.71. The number of hydrogen-bond acceptors (Lipinski definition) is 7. The van der Waals surface area contributed by atoms with Crippen molar-refractivity contribution in [2.45, 2.75) is 56.1 Å². The van der Waals surface area contributed by atoms with Crippen LogP contribution in [0.4, 0.5) is 17.1 Å². The van der Waals surface area contributed by atoms with Crippen LogP contribution >= 0.6 is 0 Å². The molecule has 2 amide bonds. The molecule has 1 unspecified atom stereocenters. The first-order valence-electron chi connectivity index (χ1n) is 16.4. The number of fused-ring (bicyclic) bond motifs is 2. The molecule has 0 saturated carbocycles. The molecule has 11 heteroatoms. The van der Waals surface area contributed by atoms with Crippen LogP contribution in [-0.2, 0) is 21.7 Å².